The SMILES string of the molecule is CCCc1ccc(NC)c(CCC)c1.CCc1cc(C)ccc1NC.CNc1c(C)cc(C)cc1Br. The third kappa shape index (κ3) is 10.3. The van der Waals surface area contributed by atoms with Crippen LogP contribution in [0, 0.1) is 20.8 Å². The maximum Gasteiger partial charge on any atom is 0.0511 e. The monoisotopic (exact) mass is 553 g/mol. The molecule has 198 valence electrons. The molecule has 36 heavy (non-hydrogen) atoms. The van der Waals surface area contributed by atoms with Crippen LogP contribution in [0.2, 0.25) is 0 Å². The second-order valence-electron chi connectivity index (χ2n) is 9.19. The molecule has 0 fully saturated rings. The van der Waals surface area contributed by atoms with E-state index >= 15 is 0 Å². The molecule has 3 aromatic rings. The average molecular weight is 555 g/mol. The third-order valence-corrected chi connectivity index (χ3v) is 6.72. The number of nitrogens with one attached hydrogen (secondary N) is 3. The van der Waals surface area contributed by atoms with Crippen LogP contribution in [0.1, 0.15) is 67.0 Å². The highest BCUT2D eigenvalue weighted by molar-refractivity contribution is 9.10. The zero-order chi connectivity index (χ0) is 27.1. The predicted molar refractivity (Wildman–Crippen MR) is 167 cm³/mol. The minimum absolute atomic E-state index is 1.10. The van der Waals surface area contributed by atoms with Crippen molar-refractivity contribution in [3.05, 3.63) is 86.4 Å². The zero-order valence-corrected chi connectivity index (χ0v) is 25.6. The summed E-state index contributed by atoms with van der Waals surface area (Å²) >= 11 is 3.50. The Balaban J connectivity index is 0.000000273. The topological polar surface area (TPSA) is 36.1 Å². The van der Waals surface area contributed by atoms with Crippen molar-refractivity contribution in [3.8, 4) is 0 Å². The molecule has 0 saturated heterocycles. The van der Waals surface area contributed by atoms with Gasteiger partial charge in [0.1, 0.15) is 0 Å². The smallest absolute Gasteiger partial charge is 0.0511 e. The minimum Gasteiger partial charge on any atom is -0.388 e. The zero-order valence-electron chi connectivity index (χ0n) is 24.0. The van der Waals surface area contributed by atoms with Gasteiger partial charge in [0.05, 0.1) is 5.69 Å². The van der Waals surface area contributed by atoms with Crippen LogP contribution in [0.3, 0.4) is 0 Å². The van der Waals surface area contributed by atoms with Gasteiger partial charge in [-0.3, -0.25) is 0 Å². The van der Waals surface area contributed by atoms with Crippen LogP contribution in [0.25, 0.3) is 0 Å². The first-order valence-electron chi connectivity index (χ1n) is 13.3. The highest BCUT2D eigenvalue weighted by atomic mass is 79.9. The van der Waals surface area contributed by atoms with Crippen LogP contribution in [-0.2, 0) is 19.3 Å². The Hall–Kier alpha value is -2.46. The molecule has 0 radical (unpaired) electrons. The van der Waals surface area contributed by atoms with Crippen molar-refractivity contribution >= 4 is 33.0 Å². The molecule has 0 amide bonds. The summed E-state index contributed by atoms with van der Waals surface area (Å²) in [6.07, 6.45) is 5.90. The molecule has 3 N–H and O–H groups in total. The number of rotatable bonds is 8. The maximum absolute atomic E-state index is 3.50. The van der Waals surface area contributed by atoms with Crippen molar-refractivity contribution in [2.45, 2.75) is 73.6 Å². The Morgan fingerprint density at radius 3 is 1.78 bits per heavy atom. The summed E-state index contributed by atoms with van der Waals surface area (Å²) in [4.78, 5) is 0. The lowest BCUT2D eigenvalue weighted by Gasteiger charge is -2.10. The van der Waals surface area contributed by atoms with E-state index in [9.17, 15) is 0 Å². The van der Waals surface area contributed by atoms with E-state index in [1.807, 2.05) is 21.1 Å². The molecule has 4 heteroatoms. The molecule has 0 aliphatic rings. The Morgan fingerprint density at radius 1 is 0.639 bits per heavy atom. The quantitative estimate of drug-likeness (QED) is 0.260. The summed E-state index contributed by atoms with van der Waals surface area (Å²) in [5, 5.41) is 9.57. The normalized spacial score (nSPS) is 9.94. The van der Waals surface area contributed by atoms with Crippen LogP contribution in [0.5, 0.6) is 0 Å². The Labute approximate surface area is 229 Å². The van der Waals surface area contributed by atoms with Crippen molar-refractivity contribution in [1.29, 1.82) is 0 Å². The van der Waals surface area contributed by atoms with E-state index in [1.165, 1.54) is 76.1 Å². The van der Waals surface area contributed by atoms with Crippen molar-refractivity contribution in [2.75, 3.05) is 37.1 Å². The number of hydrogen-bond donors (Lipinski definition) is 3. The molecule has 0 bridgehead atoms. The Morgan fingerprint density at radius 2 is 1.25 bits per heavy atom. The van der Waals surface area contributed by atoms with Crippen molar-refractivity contribution in [2.24, 2.45) is 0 Å². The van der Waals surface area contributed by atoms with Gasteiger partial charge >= 0.3 is 0 Å². The van der Waals surface area contributed by atoms with Gasteiger partial charge in [-0.1, -0.05) is 69.5 Å². The predicted octanol–water partition coefficient (Wildman–Crippen LogP) is 9.34. The summed E-state index contributed by atoms with van der Waals surface area (Å²) in [6.45, 7) is 13.0. The van der Waals surface area contributed by atoms with E-state index in [4.69, 9.17) is 0 Å². The molecule has 0 spiro atoms. The first kappa shape index (κ1) is 31.6. The lowest BCUT2D eigenvalue weighted by Crippen LogP contribution is -1.97. The van der Waals surface area contributed by atoms with Crippen LogP contribution < -0.4 is 16.0 Å². The number of hydrogen-bond acceptors (Lipinski definition) is 3. The molecule has 0 saturated carbocycles. The van der Waals surface area contributed by atoms with Gasteiger partial charge in [0.2, 0.25) is 0 Å². The van der Waals surface area contributed by atoms with Gasteiger partial charge in [0.15, 0.2) is 0 Å². The first-order valence-corrected chi connectivity index (χ1v) is 14.0. The minimum atomic E-state index is 1.10. The van der Waals surface area contributed by atoms with Gasteiger partial charge in [-0.05, 0) is 102 Å². The van der Waals surface area contributed by atoms with Crippen molar-refractivity contribution < 1.29 is 0 Å². The summed E-state index contributed by atoms with van der Waals surface area (Å²) in [5.74, 6) is 0. The van der Waals surface area contributed by atoms with E-state index in [-0.39, 0.29) is 0 Å². The first-order chi connectivity index (χ1) is 17.2. The average Bonchev–Trinajstić information content (AvgIpc) is 2.85. The lowest BCUT2D eigenvalue weighted by atomic mass is 10.0. The van der Waals surface area contributed by atoms with Crippen molar-refractivity contribution in [1.82, 2.24) is 0 Å². The van der Waals surface area contributed by atoms with E-state index in [2.05, 4.69) is 122 Å². The molecular weight excluding hydrogens is 506 g/mol. The molecule has 3 rings (SSSR count). The van der Waals surface area contributed by atoms with Crippen LogP contribution in [0.4, 0.5) is 17.1 Å². The summed E-state index contributed by atoms with van der Waals surface area (Å²) in [5.41, 5.74) is 11.9. The fraction of sp³-hybridized carbons (Fsp3) is 0.438. The summed E-state index contributed by atoms with van der Waals surface area (Å²) in [7, 11) is 5.89. The second-order valence-corrected chi connectivity index (χ2v) is 10.0. The maximum atomic E-state index is 3.50. The van der Waals surface area contributed by atoms with Crippen LogP contribution in [-0.4, -0.2) is 21.1 Å². The van der Waals surface area contributed by atoms with Gasteiger partial charge in [-0.15, -0.1) is 0 Å². The number of aryl methyl sites for hydroxylation is 6. The molecule has 0 aliphatic heterocycles. The molecule has 0 heterocycles. The Bertz CT molecular complexity index is 1040. The largest absolute Gasteiger partial charge is 0.388 e. The molecule has 0 aliphatic carbocycles. The fourth-order valence-corrected chi connectivity index (χ4v) is 5.17. The Kier molecular flexibility index (Phi) is 15.0. The number of benzene rings is 3. The number of anilines is 3. The van der Waals surface area contributed by atoms with Crippen molar-refractivity contribution in [3.63, 3.8) is 0 Å². The molecular formula is C32H48BrN3. The number of halogens is 1. The van der Waals surface area contributed by atoms with Crippen LogP contribution >= 0.6 is 15.9 Å². The van der Waals surface area contributed by atoms with E-state index in [0.717, 1.165) is 10.9 Å². The van der Waals surface area contributed by atoms with Gasteiger partial charge < -0.3 is 16.0 Å². The molecule has 0 atom stereocenters. The molecule has 3 nitrogen and oxygen atoms in total. The summed E-state index contributed by atoms with van der Waals surface area (Å²) in [6, 6.07) is 17.5. The molecule has 0 unspecified atom stereocenters. The van der Waals surface area contributed by atoms with E-state index < -0.39 is 0 Å². The van der Waals surface area contributed by atoms with Gasteiger partial charge in [0, 0.05) is 37.0 Å². The lowest BCUT2D eigenvalue weighted by molar-refractivity contribution is 0.896. The van der Waals surface area contributed by atoms with Gasteiger partial charge in [0.25, 0.3) is 0 Å². The highest BCUT2D eigenvalue weighted by Gasteiger charge is 2.02. The molecule has 0 aromatic heterocycles. The van der Waals surface area contributed by atoms with Gasteiger partial charge in [-0.2, -0.15) is 0 Å². The summed E-state index contributed by atoms with van der Waals surface area (Å²) < 4.78 is 1.14. The highest BCUT2D eigenvalue weighted by Crippen LogP contribution is 2.27. The molecule has 3 aromatic carbocycles. The van der Waals surface area contributed by atoms with Crippen LogP contribution in [0.15, 0.2) is 53.0 Å². The third-order valence-electron chi connectivity index (χ3n) is 6.09. The standard InChI is InChI=1S/C13H21N.C10H15N.C9H12BrN/c1-4-6-11-8-9-13(14-3)12(10-11)7-5-2;1-4-9-7-8(2)5-6-10(9)11-3;1-6-4-7(2)9(11-3)8(10)5-6/h8-10,14H,4-7H2,1-3H3;5-7,11H,4H2,1-3H3;4-5,11H,1-3H3. The van der Waals surface area contributed by atoms with E-state index in [0.29, 0.717) is 0 Å². The van der Waals surface area contributed by atoms with E-state index in [1.54, 1.807) is 0 Å². The fourth-order valence-electron chi connectivity index (χ4n) is 4.30. The van der Waals surface area contributed by atoms with Gasteiger partial charge in [-0.25, -0.2) is 0 Å². The second kappa shape index (κ2) is 17.1.